The molecule has 2 atom stereocenters. The Kier molecular flexibility index (Phi) is 4.67. The first-order valence-electron chi connectivity index (χ1n) is 10.0. The molecule has 0 bridgehead atoms. The van der Waals surface area contributed by atoms with Crippen molar-refractivity contribution in [2.75, 3.05) is 6.54 Å². The summed E-state index contributed by atoms with van der Waals surface area (Å²) in [5, 5.41) is 5.85. The average Bonchev–Trinajstić information content (AvgIpc) is 3.34. The topological polar surface area (TPSA) is 80.3 Å². The summed E-state index contributed by atoms with van der Waals surface area (Å²) in [6.45, 7) is 0.422. The number of carbonyl (C=O) groups excluding carboxylic acids is 2. The zero-order valence-corrected chi connectivity index (χ0v) is 16.3. The first kappa shape index (κ1) is 18.4. The number of hydrogen-bond donors (Lipinski definition) is 2. The quantitative estimate of drug-likeness (QED) is 0.691. The number of nitrogens with one attached hydrogen (secondary N) is 2. The van der Waals surface area contributed by atoms with Gasteiger partial charge in [0, 0.05) is 29.9 Å². The Balaban J connectivity index is 1.21. The van der Waals surface area contributed by atoms with Crippen molar-refractivity contribution in [1.29, 1.82) is 0 Å². The highest BCUT2D eigenvalue weighted by Crippen LogP contribution is 2.38. The Bertz CT molecular complexity index is 1110. The minimum Gasteiger partial charge on any atom is -0.487 e. The van der Waals surface area contributed by atoms with Crippen molar-refractivity contribution in [3.8, 4) is 16.9 Å². The lowest BCUT2D eigenvalue weighted by atomic mass is 10.0. The fraction of sp³-hybridized carbons (Fsp3) is 0.208. The van der Waals surface area contributed by atoms with E-state index >= 15 is 0 Å². The number of carbonyl (C=O) groups is 2. The van der Waals surface area contributed by atoms with E-state index in [1.54, 1.807) is 18.5 Å². The summed E-state index contributed by atoms with van der Waals surface area (Å²) in [5.41, 5.74) is 4.76. The number of rotatable bonds is 5. The lowest BCUT2D eigenvalue weighted by Gasteiger charge is -2.15. The van der Waals surface area contributed by atoms with Crippen LogP contribution in [0.15, 0.2) is 67.0 Å². The molecule has 6 nitrogen and oxygen atoms in total. The normalized spacial score (nSPS) is 18.9. The van der Waals surface area contributed by atoms with Gasteiger partial charge < -0.3 is 15.4 Å². The number of benzene rings is 2. The largest absolute Gasteiger partial charge is 0.487 e. The van der Waals surface area contributed by atoms with E-state index in [-0.39, 0.29) is 30.4 Å². The zero-order chi connectivity index (χ0) is 20.5. The SMILES string of the molecule is O=C(CC1NC(=O)c2ccccc21)NCC1Cc2cccc(-c3ccncc3)c2O1. The molecule has 1 aromatic heterocycles. The summed E-state index contributed by atoms with van der Waals surface area (Å²) >= 11 is 0. The molecule has 0 spiro atoms. The number of fused-ring (bicyclic) bond motifs is 2. The van der Waals surface area contributed by atoms with Crippen molar-refractivity contribution in [1.82, 2.24) is 15.6 Å². The van der Waals surface area contributed by atoms with E-state index in [2.05, 4.69) is 21.7 Å². The van der Waals surface area contributed by atoms with Gasteiger partial charge >= 0.3 is 0 Å². The van der Waals surface area contributed by atoms with E-state index in [1.165, 1.54) is 0 Å². The summed E-state index contributed by atoms with van der Waals surface area (Å²) in [6.07, 6.45) is 4.38. The smallest absolute Gasteiger partial charge is 0.252 e. The third-order valence-corrected chi connectivity index (χ3v) is 5.62. The summed E-state index contributed by atoms with van der Waals surface area (Å²) < 4.78 is 6.18. The van der Waals surface area contributed by atoms with Crippen LogP contribution < -0.4 is 15.4 Å². The molecule has 0 saturated heterocycles. The lowest BCUT2D eigenvalue weighted by molar-refractivity contribution is -0.121. The maximum atomic E-state index is 12.5. The molecule has 3 aromatic rings. The minimum absolute atomic E-state index is 0.106. The maximum absolute atomic E-state index is 12.5. The lowest BCUT2D eigenvalue weighted by Crippen LogP contribution is -2.36. The van der Waals surface area contributed by atoms with Crippen LogP contribution in [-0.4, -0.2) is 29.4 Å². The van der Waals surface area contributed by atoms with E-state index in [9.17, 15) is 9.59 Å². The fourth-order valence-electron chi connectivity index (χ4n) is 4.18. The molecule has 30 heavy (non-hydrogen) atoms. The van der Waals surface area contributed by atoms with Gasteiger partial charge in [0.25, 0.3) is 5.91 Å². The van der Waals surface area contributed by atoms with Crippen molar-refractivity contribution in [2.24, 2.45) is 0 Å². The predicted molar refractivity (Wildman–Crippen MR) is 112 cm³/mol. The van der Waals surface area contributed by atoms with Crippen LogP contribution in [0.3, 0.4) is 0 Å². The molecule has 2 aliphatic rings. The van der Waals surface area contributed by atoms with Crippen molar-refractivity contribution in [3.05, 3.63) is 83.7 Å². The van der Waals surface area contributed by atoms with Gasteiger partial charge in [-0.25, -0.2) is 0 Å². The number of hydrogen-bond acceptors (Lipinski definition) is 4. The molecule has 0 aliphatic carbocycles. The van der Waals surface area contributed by atoms with Gasteiger partial charge in [-0.1, -0.05) is 36.4 Å². The van der Waals surface area contributed by atoms with Crippen LogP contribution in [0.25, 0.3) is 11.1 Å². The first-order valence-corrected chi connectivity index (χ1v) is 10.0. The predicted octanol–water partition coefficient (Wildman–Crippen LogP) is 3.04. The highest BCUT2D eigenvalue weighted by atomic mass is 16.5. The fourth-order valence-corrected chi connectivity index (χ4v) is 4.18. The Morgan fingerprint density at radius 2 is 1.87 bits per heavy atom. The van der Waals surface area contributed by atoms with E-state index in [0.29, 0.717) is 12.1 Å². The molecular formula is C24H21N3O3. The Morgan fingerprint density at radius 1 is 1.07 bits per heavy atom. The van der Waals surface area contributed by atoms with Crippen LogP contribution >= 0.6 is 0 Å². The summed E-state index contributed by atoms with van der Waals surface area (Å²) in [4.78, 5) is 28.6. The minimum atomic E-state index is -0.284. The Labute approximate surface area is 174 Å². The van der Waals surface area contributed by atoms with E-state index in [0.717, 1.165) is 34.4 Å². The average molecular weight is 399 g/mol. The highest BCUT2D eigenvalue weighted by molar-refractivity contribution is 5.99. The Hall–Kier alpha value is -3.67. The Morgan fingerprint density at radius 3 is 2.73 bits per heavy atom. The first-order chi connectivity index (χ1) is 14.7. The molecule has 2 amide bonds. The van der Waals surface area contributed by atoms with Crippen molar-refractivity contribution >= 4 is 11.8 Å². The molecular weight excluding hydrogens is 378 g/mol. The third-order valence-electron chi connectivity index (χ3n) is 5.62. The molecule has 2 unspecified atom stereocenters. The molecule has 2 N–H and O–H groups in total. The molecule has 150 valence electrons. The van der Waals surface area contributed by atoms with Gasteiger partial charge in [0.15, 0.2) is 0 Å². The summed E-state index contributed by atoms with van der Waals surface area (Å²) in [6, 6.07) is 17.2. The molecule has 6 heteroatoms. The van der Waals surface area contributed by atoms with Gasteiger partial charge in [-0.15, -0.1) is 0 Å². The van der Waals surface area contributed by atoms with Gasteiger partial charge in [-0.3, -0.25) is 14.6 Å². The molecule has 3 heterocycles. The maximum Gasteiger partial charge on any atom is 0.252 e. The van der Waals surface area contributed by atoms with E-state index < -0.39 is 0 Å². The number of pyridine rings is 1. The monoisotopic (exact) mass is 399 g/mol. The standard InChI is InChI=1S/C24H21N3O3/c28-22(13-21-19-5-1-2-6-20(19)24(29)27-21)26-14-17-12-16-4-3-7-18(23(16)30-17)15-8-10-25-11-9-15/h1-11,17,21H,12-14H2,(H,26,28)(H,27,29). The number of amides is 2. The third kappa shape index (κ3) is 3.41. The van der Waals surface area contributed by atoms with Crippen LogP contribution in [0.5, 0.6) is 5.75 Å². The summed E-state index contributed by atoms with van der Waals surface area (Å²) in [5.74, 6) is 0.646. The van der Waals surface area contributed by atoms with Crippen molar-refractivity contribution in [2.45, 2.75) is 25.0 Å². The number of aromatic nitrogens is 1. The van der Waals surface area contributed by atoms with Gasteiger partial charge in [-0.05, 0) is 34.9 Å². The highest BCUT2D eigenvalue weighted by Gasteiger charge is 2.30. The zero-order valence-electron chi connectivity index (χ0n) is 16.3. The molecule has 0 radical (unpaired) electrons. The second-order valence-corrected chi connectivity index (χ2v) is 7.60. The van der Waals surface area contributed by atoms with Gasteiger partial charge in [0.1, 0.15) is 11.9 Å². The van der Waals surface area contributed by atoms with Crippen molar-refractivity contribution < 1.29 is 14.3 Å². The number of nitrogens with zero attached hydrogens (tertiary/aromatic N) is 1. The van der Waals surface area contributed by atoms with Crippen LogP contribution in [0.1, 0.15) is 33.9 Å². The van der Waals surface area contributed by atoms with Crippen molar-refractivity contribution in [3.63, 3.8) is 0 Å². The van der Waals surface area contributed by atoms with Gasteiger partial charge in [0.2, 0.25) is 5.91 Å². The van der Waals surface area contributed by atoms with Gasteiger partial charge in [-0.2, -0.15) is 0 Å². The molecule has 0 saturated carbocycles. The summed E-state index contributed by atoms with van der Waals surface area (Å²) in [7, 11) is 0. The second kappa shape index (κ2) is 7.63. The van der Waals surface area contributed by atoms with Crippen LogP contribution in [0.2, 0.25) is 0 Å². The number of para-hydroxylation sites is 1. The van der Waals surface area contributed by atoms with Gasteiger partial charge in [0.05, 0.1) is 19.0 Å². The van der Waals surface area contributed by atoms with Crippen LogP contribution in [-0.2, 0) is 11.2 Å². The van der Waals surface area contributed by atoms with E-state index in [1.807, 2.05) is 42.5 Å². The van der Waals surface area contributed by atoms with Crippen LogP contribution in [0.4, 0.5) is 0 Å². The number of ether oxygens (including phenoxy) is 1. The molecule has 0 fully saturated rings. The van der Waals surface area contributed by atoms with Crippen LogP contribution in [0, 0.1) is 0 Å². The molecule has 2 aliphatic heterocycles. The molecule has 2 aromatic carbocycles. The second-order valence-electron chi connectivity index (χ2n) is 7.60. The van der Waals surface area contributed by atoms with E-state index in [4.69, 9.17) is 4.74 Å². The molecule has 5 rings (SSSR count).